The van der Waals surface area contributed by atoms with Crippen LogP contribution in [0.25, 0.3) is 18.2 Å². The molecule has 44 heavy (non-hydrogen) atoms. The fourth-order valence-corrected chi connectivity index (χ4v) is 7.63. The summed E-state index contributed by atoms with van der Waals surface area (Å²) in [5.41, 5.74) is 10.5. The highest BCUT2D eigenvalue weighted by atomic mass is 33.1. The van der Waals surface area contributed by atoms with E-state index in [1.165, 1.54) is 64.9 Å². The predicted octanol–water partition coefficient (Wildman–Crippen LogP) is 6.27. The van der Waals surface area contributed by atoms with Gasteiger partial charge in [0.1, 0.15) is 0 Å². The Bertz CT molecular complexity index is 1520. The number of nitrogens with zero attached hydrogens (tertiary/aromatic N) is 3. The lowest BCUT2D eigenvalue weighted by atomic mass is 9.99. The van der Waals surface area contributed by atoms with Crippen molar-refractivity contribution >= 4 is 57.4 Å². The summed E-state index contributed by atoms with van der Waals surface area (Å²) >= 11 is 0. The lowest BCUT2D eigenvalue weighted by Gasteiger charge is -2.27. The molecule has 0 unspecified atom stereocenters. The van der Waals surface area contributed by atoms with Gasteiger partial charge >= 0.3 is 0 Å². The van der Waals surface area contributed by atoms with Crippen LogP contribution in [-0.2, 0) is 19.4 Å². The Balaban J connectivity index is 0.976. The first-order valence-corrected chi connectivity index (χ1v) is 18.2. The van der Waals surface area contributed by atoms with Crippen LogP contribution in [-0.4, -0.2) is 51.4 Å². The third kappa shape index (κ3) is 9.26. The summed E-state index contributed by atoms with van der Waals surface area (Å²) in [6.45, 7) is 8.23. The average Bonchev–Trinajstić information content (AvgIpc) is 3.05. The van der Waals surface area contributed by atoms with Crippen LogP contribution in [0.1, 0.15) is 40.7 Å². The highest BCUT2D eigenvalue weighted by Gasteiger charge is 2.14. The minimum absolute atomic E-state index is 0.940. The summed E-state index contributed by atoms with van der Waals surface area (Å²) in [7, 11) is 8.23. The molecule has 0 amide bonds. The molecule has 5 rings (SSSR count). The molecule has 0 atom stereocenters. The number of benzene rings is 2. The summed E-state index contributed by atoms with van der Waals surface area (Å²) in [6, 6.07) is 18.0. The van der Waals surface area contributed by atoms with Gasteiger partial charge in [-0.25, -0.2) is 9.56 Å². The zero-order valence-corrected chi connectivity index (χ0v) is 27.9. The number of aromatic nitrogens is 1. The molecule has 228 valence electrons. The Hall–Kier alpha value is -3.48. The van der Waals surface area contributed by atoms with Crippen molar-refractivity contribution in [2.24, 2.45) is 0 Å². The number of fused-ring (bicyclic) bond motifs is 2. The van der Waals surface area contributed by atoms with Crippen molar-refractivity contribution in [1.29, 1.82) is 0 Å². The first-order chi connectivity index (χ1) is 21.6. The molecule has 6 heteroatoms. The minimum Gasteiger partial charge on any atom is -0.374 e. The van der Waals surface area contributed by atoms with Gasteiger partial charge in [-0.1, -0.05) is 70.7 Å². The van der Waals surface area contributed by atoms with Gasteiger partial charge in [0, 0.05) is 56.8 Å². The van der Waals surface area contributed by atoms with Crippen LogP contribution in [0.3, 0.4) is 0 Å². The molecule has 0 spiro atoms. The van der Waals surface area contributed by atoms with E-state index in [1.54, 1.807) is 0 Å². The molecular formula is C38H46N4S2+2. The van der Waals surface area contributed by atoms with Gasteiger partial charge in [-0.3, -0.25) is 0 Å². The molecule has 1 aromatic heterocycles. The fourth-order valence-electron chi connectivity index (χ4n) is 5.72. The molecule has 4 nitrogen and oxygen atoms in total. The van der Waals surface area contributed by atoms with E-state index in [2.05, 4.69) is 131 Å². The molecule has 3 heterocycles. The Kier molecular flexibility index (Phi) is 12.0. The normalized spacial score (nSPS) is 15.4. The maximum atomic E-state index is 3.98. The van der Waals surface area contributed by atoms with Crippen molar-refractivity contribution in [3.05, 3.63) is 119 Å². The van der Waals surface area contributed by atoms with Gasteiger partial charge in [0.05, 0.1) is 11.5 Å². The third-order valence-corrected chi connectivity index (χ3v) is 10.6. The summed E-state index contributed by atoms with van der Waals surface area (Å²) in [6.07, 6.45) is 24.0. The Morgan fingerprint density at radius 1 is 0.818 bits per heavy atom. The van der Waals surface area contributed by atoms with E-state index in [1.807, 2.05) is 33.9 Å². The highest BCUT2D eigenvalue weighted by Crippen LogP contribution is 2.28. The molecule has 2 aliphatic heterocycles. The molecule has 0 saturated carbocycles. The maximum Gasteiger partial charge on any atom is 0.169 e. The van der Waals surface area contributed by atoms with Gasteiger partial charge in [0.25, 0.3) is 0 Å². The number of nitrogens with one attached hydrogen (secondary N) is 1. The standard InChI is InChI=1S/C38H45N4S2/c1-4-31(9-11-33-13-15-37-35(29-33)7-5-22-40(37)2)17-20-39-21-27-43-44-28-26-42-24-18-32(19-25-42)10-12-34-14-16-38-36(30-34)8-6-23-41(38)3/h4,9-20,24-25,29-30H,1,5-8,21-23,26-28H2,2-3H3/q+1/p+1/b11-9+,31-17+,39-20?. The van der Waals surface area contributed by atoms with Gasteiger partial charge < -0.3 is 9.80 Å². The number of aryl methyl sites for hydroxylation is 3. The summed E-state index contributed by atoms with van der Waals surface area (Å²) < 4.78 is 2.27. The highest BCUT2D eigenvalue weighted by molar-refractivity contribution is 8.76. The van der Waals surface area contributed by atoms with Crippen LogP contribution >= 0.6 is 21.6 Å². The van der Waals surface area contributed by atoms with Gasteiger partial charge in [-0.05, 0) is 83.3 Å². The number of hydrogen-bond donors (Lipinski definition) is 1. The van der Waals surface area contributed by atoms with Crippen molar-refractivity contribution < 1.29 is 9.56 Å². The topological polar surface area (TPSA) is 24.3 Å². The lowest BCUT2D eigenvalue weighted by molar-refractivity contribution is -0.692. The zero-order valence-electron chi connectivity index (χ0n) is 26.3. The van der Waals surface area contributed by atoms with Crippen molar-refractivity contribution in [1.82, 2.24) is 0 Å². The molecule has 0 aliphatic carbocycles. The first kappa shape index (κ1) is 31.9. The first-order valence-electron chi connectivity index (χ1n) is 15.8. The zero-order chi connectivity index (χ0) is 30.6. The van der Waals surface area contributed by atoms with E-state index in [0.29, 0.717) is 0 Å². The number of anilines is 2. The number of allylic oxidation sites excluding steroid dienone is 4. The van der Waals surface area contributed by atoms with Crippen molar-refractivity contribution in [2.75, 3.05) is 55.0 Å². The Morgan fingerprint density at radius 2 is 1.43 bits per heavy atom. The quantitative estimate of drug-likeness (QED) is 0.0799. The monoisotopic (exact) mass is 622 g/mol. The second kappa shape index (κ2) is 16.6. The molecule has 2 aliphatic rings. The van der Waals surface area contributed by atoms with Gasteiger partial charge in [-0.2, -0.15) is 0 Å². The molecule has 0 saturated heterocycles. The lowest BCUT2D eigenvalue weighted by Crippen LogP contribution is -2.69. The van der Waals surface area contributed by atoms with E-state index in [4.69, 9.17) is 0 Å². The SMILES string of the molecule is C=CC(/C=C/c1ccc2c(c1)CCCN2C)=C\C=[NH+]CCSSCC[n+]1ccc(/C=C/c2ccc3c(c2)CCCN3C)cc1. The van der Waals surface area contributed by atoms with E-state index >= 15 is 0 Å². The molecule has 0 bridgehead atoms. The second-order valence-corrected chi connectivity index (χ2v) is 14.2. The fraction of sp³-hybridized carbons (Fsp3) is 0.316. The third-order valence-electron chi connectivity index (χ3n) is 8.24. The Morgan fingerprint density at radius 3 is 2.09 bits per heavy atom. The number of rotatable bonds is 13. The predicted molar refractivity (Wildman–Crippen MR) is 196 cm³/mol. The largest absolute Gasteiger partial charge is 0.374 e. The molecule has 0 fully saturated rings. The van der Waals surface area contributed by atoms with Crippen LogP contribution in [0, 0.1) is 0 Å². The van der Waals surface area contributed by atoms with Gasteiger partial charge in [0.15, 0.2) is 31.7 Å². The molecule has 1 N–H and O–H groups in total. The summed E-state index contributed by atoms with van der Waals surface area (Å²) in [4.78, 5) is 8.13. The van der Waals surface area contributed by atoms with Crippen molar-refractivity contribution in [3.63, 3.8) is 0 Å². The van der Waals surface area contributed by atoms with Crippen molar-refractivity contribution in [2.45, 2.75) is 32.2 Å². The van der Waals surface area contributed by atoms with Gasteiger partial charge in [0.2, 0.25) is 0 Å². The number of pyridine rings is 1. The average molecular weight is 623 g/mol. The van der Waals surface area contributed by atoms with Crippen LogP contribution in [0.5, 0.6) is 0 Å². The summed E-state index contributed by atoms with van der Waals surface area (Å²) in [5, 5.41) is 0. The molecule has 0 radical (unpaired) electrons. The molecule has 3 aromatic rings. The number of hydrogen-bond acceptors (Lipinski definition) is 4. The van der Waals surface area contributed by atoms with E-state index < -0.39 is 0 Å². The van der Waals surface area contributed by atoms with Crippen LogP contribution in [0.15, 0.2) is 91.3 Å². The van der Waals surface area contributed by atoms with Gasteiger partial charge in [-0.15, -0.1) is 0 Å². The Labute approximate surface area is 272 Å². The van der Waals surface area contributed by atoms with E-state index in [-0.39, 0.29) is 0 Å². The van der Waals surface area contributed by atoms with Crippen LogP contribution < -0.4 is 19.4 Å². The summed E-state index contributed by atoms with van der Waals surface area (Å²) in [5.74, 6) is 2.15. The molecule has 2 aromatic carbocycles. The van der Waals surface area contributed by atoms with Crippen LogP contribution in [0.2, 0.25) is 0 Å². The van der Waals surface area contributed by atoms with E-state index in [0.717, 1.165) is 43.3 Å². The smallest absolute Gasteiger partial charge is 0.169 e. The minimum atomic E-state index is 0.940. The van der Waals surface area contributed by atoms with Crippen LogP contribution in [0.4, 0.5) is 11.4 Å². The van der Waals surface area contributed by atoms with E-state index in [9.17, 15) is 0 Å². The molecular weight excluding hydrogens is 577 g/mol. The second-order valence-electron chi connectivity index (χ2n) is 11.5. The van der Waals surface area contributed by atoms with Crippen molar-refractivity contribution in [3.8, 4) is 0 Å². The maximum absolute atomic E-state index is 3.98.